The van der Waals surface area contributed by atoms with Crippen LogP contribution in [-0.2, 0) is 0 Å². The molecule has 4 nitrogen and oxygen atoms in total. The van der Waals surface area contributed by atoms with E-state index < -0.39 is 5.76 Å². The average molecular weight is 217 g/mol. The van der Waals surface area contributed by atoms with Gasteiger partial charge in [-0.2, -0.15) is 0 Å². The molecule has 0 bridgehead atoms. The van der Waals surface area contributed by atoms with Gasteiger partial charge in [-0.15, -0.1) is 0 Å². The Hall–Kier alpha value is -2.23. The Morgan fingerprint density at radius 1 is 1.38 bits per heavy atom. The molecule has 0 spiro atoms. The zero-order valence-electron chi connectivity index (χ0n) is 8.90. The molecule has 1 heterocycles. The van der Waals surface area contributed by atoms with Crippen molar-refractivity contribution in [1.82, 2.24) is 4.57 Å². The van der Waals surface area contributed by atoms with Gasteiger partial charge in [0.1, 0.15) is 11.2 Å². The third-order valence-corrected chi connectivity index (χ3v) is 2.30. The van der Waals surface area contributed by atoms with Crippen LogP contribution in [0, 0.1) is 0 Å². The smallest absolute Gasteiger partial charge is 0.424 e. The van der Waals surface area contributed by atoms with Gasteiger partial charge in [-0.3, -0.25) is 0 Å². The molecule has 4 heteroatoms. The number of hydrogen-bond acceptors (Lipinski definition) is 3. The van der Waals surface area contributed by atoms with E-state index in [-0.39, 0.29) is 5.42 Å². The minimum atomic E-state index is -0.497. The van der Waals surface area contributed by atoms with Gasteiger partial charge in [0.15, 0.2) is 0 Å². The summed E-state index contributed by atoms with van der Waals surface area (Å²) in [6.07, 6.45) is 0. The fourth-order valence-electron chi connectivity index (χ4n) is 1.46. The maximum atomic E-state index is 11.5. The monoisotopic (exact) mass is 217 g/mol. The van der Waals surface area contributed by atoms with Crippen LogP contribution in [0.25, 0.3) is 18.8 Å². The quantitative estimate of drug-likeness (QED) is 0.724. The fraction of sp³-hybridized carbons (Fsp3) is 0.0833. The molecular formula is C12H11NO3. The topological polar surface area (TPSA) is 44.4 Å². The second-order valence-electron chi connectivity index (χ2n) is 3.27. The first-order valence-electron chi connectivity index (χ1n) is 4.67. The molecule has 2 rings (SSSR count). The van der Waals surface area contributed by atoms with Crippen molar-refractivity contribution in [2.24, 2.45) is 0 Å². The highest BCUT2D eigenvalue weighted by molar-refractivity contribution is 5.39. The molecule has 0 amide bonds. The van der Waals surface area contributed by atoms with Gasteiger partial charge in [-0.25, -0.2) is 9.36 Å². The van der Waals surface area contributed by atoms with Crippen molar-refractivity contribution in [2.45, 2.75) is 0 Å². The van der Waals surface area contributed by atoms with Crippen LogP contribution >= 0.6 is 0 Å². The Bertz CT molecular complexity index is 666. The maximum Gasteiger partial charge on any atom is 0.424 e. The highest BCUT2D eigenvalue weighted by atomic mass is 16.5. The van der Waals surface area contributed by atoms with Gasteiger partial charge >= 0.3 is 5.76 Å². The normalized spacial score (nSPS) is 10.3. The SMILES string of the molecule is C=c1oc(=O)n(-c2cccc(OC)c2)c1=C. The molecule has 0 aliphatic rings. The van der Waals surface area contributed by atoms with Gasteiger partial charge in [0.05, 0.1) is 18.1 Å². The van der Waals surface area contributed by atoms with Crippen LogP contribution in [0.2, 0.25) is 0 Å². The van der Waals surface area contributed by atoms with Crippen molar-refractivity contribution in [3.05, 3.63) is 45.6 Å². The fourth-order valence-corrected chi connectivity index (χ4v) is 1.46. The predicted molar refractivity (Wildman–Crippen MR) is 61.2 cm³/mol. The zero-order valence-corrected chi connectivity index (χ0v) is 8.90. The first kappa shape index (κ1) is 10.3. The van der Waals surface area contributed by atoms with Gasteiger partial charge in [0.2, 0.25) is 0 Å². The number of rotatable bonds is 2. The second kappa shape index (κ2) is 3.73. The van der Waals surface area contributed by atoms with Crippen LogP contribution < -0.4 is 21.3 Å². The molecule has 0 aliphatic heterocycles. The molecule has 0 atom stereocenters. The van der Waals surface area contributed by atoms with Crippen molar-refractivity contribution in [1.29, 1.82) is 0 Å². The molecule has 0 aliphatic carbocycles. The van der Waals surface area contributed by atoms with Crippen molar-refractivity contribution >= 4 is 13.2 Å². The highest BCUT2D eigenvalue weighted by Gasteiger charge is 2.06. The molecule has 0 fully saturated rings. The lowest BCUT2D eigenvalue weighted by Crippen LogP contribution is -2.28. The molecule has 0 saturated heterocycles. The minimum absolute atomic E-state index is 0.271. The molecule has 16 heavy (non-hydrogen) atoms. The Morgan fingerprint density at radius 3 is 2.69 bits per heavy atom. The maximum absolute atomic E-state index is 11.5. The molecule has 1 aromatic carbocycles. The van der Waals surface area contributed by atoms with E-state index in [0.29, 0.717) is 16.8 Å². The number of methoxy groups -OCH3 is 1. The van der Waals surface area contributed by atoms with Crippen LogP contribution in [0.15, 0.2) is 33.5 Å². The Kier molecular flexibility index (Phi) is 2.40. The molecule has 2 aromatic rings. The third-order valence-electron chi connectivity index (χ3n) is 2.30. The lowest BCUT2D eigenvalue weighted by molar-refractivity contribution is 0.414. The van der Waals surface area contributed by atoms with E-state index in [9.17, 15) is 4.79 Å². The summed E-state index contributed by atoms with van der Waals surface area (Å²) < 4.78 is 11.3. The van der Waals surface area contributed by atoms with E-state index in [1.54, 1.807) is 31.4 Å². The Labute approximate surface area is 91.7 Å². The van der Waals surface area contributed by atoms with Crippen molar-refractivity contribution in [3.63, 3.8) is 0 Å². The molecular weight excluding hydrogens is 206 g/mol. The summed E-state index contributed by atoms with van der Waals surface area (Å²) in [5.41, 5.74) is 0.917. The van der Waals surface area contributed by atoms with E-state index in [1.165, 1.54) is 4.57 Å². The Balaban J connectivity index is 2.72. The van der Waals surface area contributed by atoms with Gasteiger partial charge in [-0.05, 0) is 12.1 Å². The van der Waals surface area contributed by atoms with Crippen LogP contribution in [0.5, 0.6) is 5.75 Å². The van der Waals surface area contributed by atoms with Crippen molar-refractivity contribution in [3.8, 4) is 11.4 Å². The number of benzene rings is 1. The summed E-state index contributed by atoms with van der Waals surface area (Å²) in [6, 6.07) is 7.08. The summed E-state index contributed by atoms with van der Waals surface area (Å²) in [5, 5.41) is 0.443. The predicted octanol–water partition coefficient (Wildman–Crippen LogP) is 0.260. The molecule has 82 valence electrons. The van der Waals surface area contributed by atoms with Crippen LogP contribution in [0.1, 0.15) is 0 Å². The summed E-state index contributed by atoms with van der Waals surface area (Å²) >= 11 is 0. The largest absolute Gasteiger partial charge is 0.497 e. The standard InChI is InChI=1S/C12H11NO3/c1-8-9(2)16-12(14)13(8)10-5-4-6-11(7-10)15-3/h4-7H,1-2H2,3H3. The summed E-state index contributed by atoms with van der Waals surface area (Å²) in [7, 11) is 1.56. The van der Waals surface area contributed by atoms with Gasteiger partial charge < -0.3 is 9.15 Å². The van der Waals surface area contributed by atoms with Crippen LogP contribution in [0.3, 0.4) is 0 Å². The van der Waals surface area contributed by atoms with E-state index in [0.717, 1.165) is 0 Å². The lowest BCUT2D eigenvalue weighted by Gasteiger charge is -2.03. The zero-order chi connectivity index (χ0) is 11.7. The van der Waals surface area contributed by atoms with E-state index in [2.05, 4.69) is 13.2 Å². The second-order valence-corrected chi connectivity index (χ2v) is 3.27. The Morgan fingerprint density at radius 2 is 2.12 bits per heavy atom. The van der Waals surface area contributed by atoms with Crippen LogP contribution in [-0.4, -0.2) is 11.7 Å². The summed E-state index contributed by atoms with van der Waals surface area (Å²) in [5.74, 6) is 0.166. The summed E-state index contributed by atoms with van der Waals surface area (Å²) in [4.78, 5) is 11.5. The highest BCUT2D eigenvalue weighted by Crippen LogP contribution is 2.13. The number of ether oxygens (including phenoxy) is 1. The molecule has 0 unspecified atom stereocenters. The van der Waals surface area contributed by atoms with Gasteiger partial charge in [0, 0.05) is 6.07 Å². The first-order valence-corrected chi connectivity index (χ1v) is 4.67. The van der Waals surface area contributed by atoms with Crippen LogP contribution in [0.4, 0.5) is 0 Å². The number of nitrogens with zero attached hydrogens (tertiary/aromatic N) is 1. The minimum Gasteiger partial charge on any atom is -0.497 e. The third kappa shape index (κ3) is 1.54. The van der Waals surface area contributed by atoms with E-state index in [4.69, 9.17) is 9.15 Å². The van der Waals surface area contributed by atoms with E-state index in [1.807, 2.05) is 0 Å². The molecule has 0 saturated carbocycles. The summed E-state index contributed by atoms with van der Waals surface area (Å²) in [6.45, 7) is 7.33. The number of hydrogen-bond donors (Lipinski definition) is 0. The molecule has 1 aromatic heterocycles. The van der Waals surface area contributed by atoms with Gasteiger partial charge in [0.25, 0.3) is 0 Å². The first-order chi connectivity index (χ1) is 7.63. The van der Waals surface area contributed by atoms with Crippen molar-refractivity contribution in [2.75, 3.05) is 7.11 Å². The molecule has 0 N–H and O–H groups in total. The lowest BCUT2D eigenvalue weighted by atomic mass is 10.3. The average Bonchev–Trinajstić information content (AvgIpc) is 2.53. The van der Waals surface area contributed by atoms with Crippen molar-refractivity contribution < 1.29 is 9.15 Å². The molecule has 0 radical (unpaired) electrons. The van der Waals surface area contributed by atoms with Gasteiger partial charge in [-0.1, -0.05) is 19.2 Å². The van der Waals surface area contributed by atoms with E-state index >= 15 is 0 Å². The number of oxazole rings is 1. The number of aromatic nitrogens is 1.